The van der Waals surface area contributed by atoms with Crippen LogP contribution in [-0.4, -0.2) is 50.9 Å². The lowest BCUT2D eigenvalue weighted by molar-refractivity contribution is -0.140. The highest BCUT2D eigenvalue weighted by molar-refractivity contribution is 7.92. The Kier molecular flexibility index (Phi) is 11.2. The standard InChI is InChI=1S/C37H40ClN3O5S/c1-27-33(38)21-12-22-34(27)41(47(44,45)32-19-7-4-8-20-32)26-36(42)40(25-29-15-11-18-31(23-29)46-2)35(24-28-13-5-3-6-14-28)37(43)39-30-16-9-10-17-30/h3-8,11-15,18-23,30,35H,9-10,16-17,24-26H2,1-2H3,(H,39,43)/t35-/m0/s1. The van der Waals surface area contributed by atoms with Crippen LogP contribution in [0.5, 0.6) is 5.75 Å². The highest BCUT2D eigenvalue weighted by Crippen LogP contribution is 2.31. The normalized spacial score (nSPS) is 13.9. The van der Waals surface area contributed by atoms with Crippen molar-refractivity contribution in [1.29, 1.82) is 0 Å². The van der Waals surface area contributed by atoms with Crippen molar-refractivity contribution in [2.24, 2.45) is 0 Å². The maximum Gasteiger partial charge on any atom is 0.264 e. The summed E-state index contributed by atoms with van der Waals surface area (Å²) >= 11 is 6.47. The molecule has 0 spiro atoms. The SMILES string of the molecule is COc1cccc(CN(C(=O)CN(c2cccc(Cl)c2C)S(=O)(=O)c2ccccc2)[C@@H](Cc2ccccc2)C(=O)NC2CCCC2)c1. The number of carbonyl (C=O) groups is 2. The number of amides is 2. The minimum absolute atomic E-state index is 0.0265. The maximum atomic E-state index is 14.7. The number of hydrogen-bond acceptors (Lipinski definition) is 5. The fourth-order valence-corrected chi connectivity index (χ4v) is 7.65. The van der Waals surface area contributed by atoms with E-state index in [0.29, 0.717) is 16.3 Å². The van der Waals surface area contributed by atoms with E-state index >= 15 is 0 Å². The molecule has 10 heteroatoms. The highest BCUT2D eigenvalue weighted by Gasteiger charge is 2.36. The van der Waals surface area contributed by atoms with Gasteiger partial charge in [0.25, 0.3) is 10.0 Å². The van der Waals surface area contributed by atoms with Gasteiger partial charge in [0.2, 0.25) is 11.8 Å². The van der Waals surface area contributed by atoms with Crippen LogP contribution in [0.25, 0.3) is 0 Å². The predicted molar refractivity (Wildman–Crippen MR) is 185 cm³/mol. The molecule has 47 heavy (non-hydrogen) atoms. The number of methoxy groups -OCH3 is 1. The molecule has 0 bridgehead atoms. The van der Waals surface area contributed by atoms with Crippen LogP contribution in [0.15, 0.2) is 108 Å². The number of halogens is 1. The van der Waals surface area contributed by atoms with Crippen molar-refractivity contribution in [2.75, 3.05) is 18.0 Å². The molecule has 0 unspecified atom stereocenters. The molecule has 246 valence electrons. The average molecular weight is 674 g/mol. The van der Waals surface area contributed by atoms with Gasteiger partial charge in [0.15, 0.2) is 0 Å². The van der Waals surface area contributed by atoms with Crippen LogP contribution >= 0.6 is 11.6 Å². The number of nitrogens with zero attached hydrogens (tertiary/aromatic N) is 2. The first-order chi connectivity index (χ1) is 22.7. The van der Waals surface area contributed by atoms with Gasteiger partial charge in [0.1, 0.15) is 18.3 Å². The molecule has 4 aromatic rings. The van der Waals surface area contributed by atoms with E-state index in [2.05, 4.69) is 5.32 Å². The molecule has 1 N–H and O–H groups in total. The van der Waals surface area contributed by atoms with E-state index in [1.54, 1.807) is 56.5 Å². The van der Waals surface area contributed by atoms with E-state index in [1.165, 1.54) is 17.0 Å². The van der Waals surface area contributed by atoms with E-state index in [9.17, 15) is 18.0 Å². The quantitative estimate of drug-likeness (QED) is 0.174. The summed E-state index contributed by atoms with van der Waals surface area (Å²) in [7, 11) is -2.66. The van der Waals surface area contributed by atoms with Gasteiger partial charge >= 0.3 is 0 Å². The number of hydrogen-bond donors (Lipinski definition) is 1. The van der Waals surface area contributed by atoms with Gasteiger partial charge in [-0.05, 0) is 72.9 Å². The summed E-state index contributed by atoms with van der Waals surface area (Å²) in [5.74, 6) is -0.199. The molecule has 0 radical (unpaired) electrons. The Balaban J connectivity index is 1.59. The third-order valence-corrected chi connectivity index (χ3v) is 10.8. The molecule has 1 saturated carbocycles. The van der Waals surface area contributed by atoms with Gasteiger partial charge in [-0.1, -0.05) is 91.2 Å². The molecule has 1 fully saturated rings. The molecule has 2 amide bonds. The number of sulfonamides is 1. The van der Waals surface area contributed by atoms with Crippen molar-refractivity contribution >= 4 is 39.1 Å². The summed E-state index contributed by atoms with van der Waals surface area (Å²) in [6, 6.07) is 28.9. The molecule has 1 aliphatic rings. The number of nitrogens with one attached hydrogen (secondary N) is 1. The summed E-state index contributed by atoms with van der Waals surface area (Å²) in [6.45, 7) is 1.22. The number of rotatable bonds is 13. The Morgan fingerprint density at radius 2 is 1.53 bits per heavy atom. The molecular formula is C37H40ClN3O5S. The topological polar surface area (TPSA) is 96.0 Å². The van der Waals surface area contributed by atoms with Crippen molar-refractivity contribution in [1.82, 2.24) is 10.2 Å². The zero-order valence-corrected chi connectivity index (χ0v) is 28.2. The second kappa shape index (κ2) is 15.5. The first kappa shape index (κ1) is 34.0. The monoisotopic (exact) mass is 673 g/mol. The zero-order valence-electron chi connectivity index (χ0n) is 26.6. The largest absolute Gasteiger partial charge is 0.497 e. The van der Waals surface area contributed by atoms with Crippen LogP contribution in [-0.2, 0) is 32.6 Å². The van der Waals surface area contributed by atoms with Gasteiger partial charge in [-0.25, -0.2) is 8.42 Å². The summed E-state index contributed by atoms with van der Waals surface area (Å²) < 4.78 is 35.0. The number of ether oxygens (including phenoxy) is 1. The van der Waals surface area contributed by atoms with Crippen LogP contribution in [0.4, 0.5) is 5.69 Å². The van der Waals surface area contributed by atoms with Crippen LogP contribution in [0.1, 0.15) is 42.4 Å². The Hall–Kier alpha value is -4.34. The highest BCUT2D eigenvalue weighted by atomic mass is 35.5. The molecule has 4 aromatic carbocycles. The minimum Gasteiger partial charge on any atom is -0.497 e. The molecule has 1 aliphatic carbocycles. The number of carbonyl (C=O) groups excluding carboxylic acids is 2. The first-order valence-corrected chi connectivity index (χ1v) is 17.6. The van der Waals surface area contributed by atoms with E-state index in [0.717, 1.165) is 41.1 Å². The number of anilines is 1. The van der Waals surface area contributed by atoms with Crippen LogP contribution in [0, 0.1) is 6.92 Å². The van der Waals surface area contributed by atoms with Gasteiger partial charge in [0.05, 0.1) is 17.7 Å². The van der Waals surface area contributed by atoms with Crippen molar-refractivity contribution < 1.29 is 22.7 Å². The fraction of sp³-hybridized carbons (Fsp3) is 0.297. The smallest absolute Gasteiger partial charge is 0.264 e. The van der Waals surface area contributed by atoms with Crippen LogP contribution in [0.3, 0.4) is 0 Å². The summed E-state index contributed by atoms with van der Waals surface area (Å²) in [6.07, 6.45) is 4.07. The number of benzene rings is 4. The van der Waals surface area contributed by atoms with Gasteiger partial charge in [-0.3, -0.25) is 13.9 Å². The molecular weight excluding hydrogens is 634 g/mol. The Bertz CT molecular complexity index is 1780. The van der Waals surface area contributed by atoms with Crippen molar-refractivity contribution in [3.05, 3.63) is 125 Å². The van der Waals surface area contributed by atoms with Crippen molar-refractivity contribution in [2.45, 2.75) is 62.6 Å². The predicted octanol–water partition coefficient (Wildman–Crippen LogP) is 6.55. The van der Waals surface area contributed by atoms with E-state index in [-0.39, 0.29) is 35.5 Å². The summed E-state index contributed by atoms with van der Waals surface area (Å²) in [5.41, 5.74) is 2.41. The van der Waals surface area contributed by atoms with E-state index in [1.807, 2.05) is 48.5 Å². The lowest BCUT2D eigenvalue weighted by Crippen LogP contribution is -2.54. The lowest BCUT2D eigenvalue weighted by atomic mass is 10.0. The van der Waals surface area contributed by atoms with E-state index in [4.69, 9.17) is 16.3 Å². The summed E-state index contributed by atoms with van der Waals surface area (Å²) in [4.78, 5) is 30.4. The third kappa shape index (κ3) is 8.34. The Morgan fingerprint density at radius 1 is 0.894 bits per heavy atom. The molecule has 8 nitrogen and oxygen atoms in total. The molecule has 1 atom stereocenters. The van der Waals surface area contributed by atoms with Crippen LogP contribution < -0.4 is 14.4 Å². The van der Waals surface area contributed by atoms with Crippen molar-refractivity contribution in [3.8, 4) is 5.75 Å². The average Bonchev–Trinajstić information content (AvgIpc) is 3.60. The molecule has 0 aliphatic heterocycles. The van der Waals surface area contributed by atoms with Crippen molar-refractivity contribution in [3.63, 3.8) is 0 Å². The minimum atomic E-state index is -4.22. The Morgan fingerprint density at radius 3 is 2.21 bits per heavy atom. The van der Waals surface area contributed by atoms with Gasteiger partial charge in [-0.2, -0.15) is 0 Å². The second-order valence-corrected chi connectivity index (χ2v) is 14.0. The molecule has 5 rings (SSSR count). The lowest BCUT2D eigenvalue weighted by Gasteiger charge is -2.34. The fourth-order valence-electron chi connectivity index (χ4n) is 5.99. The maximum absolute atomic E-state index is 14.7. The van der Waals surface area contributed by atoms with Gasteiger partial charge < -0.3 is 15.0 Å². The van der Waals surface area contributed by atoms with Gasteiger partial charge in [0, 0.05) is 24.0 Å². The first-order valence-electron chi connectivity index (χ1n) is 15.8. The molecule has 0 aromatic heterocycles. The second-order valence-electron chi connectivity index (χ2n) is 11.8. The third-order valence-electron chi connectivity index (χ3n) is 8.58. The molecule has 0 saturated heterocycles. The Labute approximate surface area is 282 Å². The van der Waals surface area contributed by atoms with Crippen LogP contribution in [0.2, 0.25) is 5.02 Å². The van der Waals surface area contributed by atoms with Gasteiger partial charge in [-0.15, -0.1) is 0 Å². The zero-order chi connectivity index (χ0) is 33.4. The summed E-state index contributed by atoms with van der Waals surface area (Å²) in [5, 5.41) is 3.56. The van der Waals surface area contributed by atoms with E-state index < -0.39 is 28.5 Å². The molecule has 0 heterocycles.